The summed E-state index contributed by atoms with van der Waals surface area (Å²) in [6.07, 6.45) is 4.85. The monoisotopic (exact) mass is 306 g/mol. The Kier molecular flexibility index (Phi) is 5.12. The molecular weight excluding hydrogens is 280 g/mol. The minimum Gasteiger partial charge on any atom is -0.373 e. The molecule has 0 fully saturated rings. The smallest absolute Gasteiger partial charge is 0.0963 e. The summed E-state index contributed by atoms with van der Waals surface area (Å²) in [6, 6.07) is 21.6. The van der Waals surface area contributed by atoms with Crippen molar-refractivity contribution in [2.45, 2.75) is 38.0 Å². The second-order valence-corrected chi connectivity index (χ2v) is 6.56. The molecule has 0 saturated heterocycles. The van der Waals surface area contributed by atoms with Gasteiger partial charge in [-0.1, -0.05) is 67.1 Å². The molecule has 0 amide bonds. The topological polar surface area (TPSA) is 24.4 Å². The highest BCUT2D eigenvalue weighted by Gasteiger charge is 2.28. The number of benzene rings is 2. The minimum atomic E-state index is -0.0582. The van der Waals surface area contributed by atoms with E-state index in [9.17, 15) is 0 Å². The predicted molar refractivity (Wildman–Crippen MR) is 98.1 cm³/mol. The predicted octanol–water partition coefficient (Wildman–Crippen LogP) is 4.55. The van der Waals surface area contributed by atoms with Gasteiger partial charge in [-0.3, -0.25) is 4.99 Å². The van der Waals surface area contributed by atoms with Gasteiger partial charge in [0.2, 0.25) is 0 Å². The second kappa shape index (κ2) is 7.45. The van der Waals surface area contributed by atoms with Crippen LogP contribution < -0.4 is 5.32 Å². The van der Waals surface area contributed by atoms with E-state index in [0.29, 0.717) is 0 Å². The third-order valence-corrected chi connectivity index (χ3v) is 4.84. The Morgan fingerprint density at radius 1 is 0.870 bits per heavy atom. The largest absolute Gasteiger partial charge is 0.373 e. The van der Waals surface area contributed by atoms with Gasteiger partial charge in [0.05, 0.1) is 5.84 Å². The Bertz CT molecular complexity index is 592. The Morgan fingerprint density at radius 2 is 1.48 bits per heavy atom. The zero-order valence-electron chi connectivity index (χ0n) is 14.0. The van der Waals surface area contributed by atoms with Crippen LogP contribution in [0.3, 0.4) is 0 Å². The molecule has 2 heteroatoms. The quantitative estimate of drug-likeness (QED) is 0.880. The van der Waals surface area contributed by atoms with Gasteiger partial charge in [0, 0.05) is 24.9 Å². The van der Waals surface area contributed by atoms with E-state index in [1.165, 1.54) is 36.2 Å². The van der Waals surface area contributed by atoms with Crippen molar-refractivity contribution in [3.63, 3.8) is 0 Å². The van der Waals surface area contributed by atoms with Gasteiger partial charge in [0.15, 0.2) is 0 Å². The number of hydrogen-bond acceptors (Lipinski definition) is 2. The van der Waals surface area contributed by atoms with Crippen LogP contribution in [0.1, 0.15) is 43.7 Å². The van der Waals surface area contributed by atoms with E-state index >= 15 is 0 Å². The molecule has 0 aliphatic carbocycles. The summed E-state index contributed by atoms with van der Waals surface area (Å²) >= 11 is 0. The van der Waals surface area contributed by atoms with Gasteiger partial charge in [-0.15, -0.1) is 0 Å². The fourth-order valence-electron chi connectivity index (χ4n) is 3.28. The summed E-state index contributed by atoms with van der Waals surface area (Å²) < 4.78 is 0. The maximum Gasteiger partial charge on any atom is 0.0963 e. The Hall–Kier alpha value is -2.09. The van der Waals surface area contributed by atoms with Crippen molar-refractivity contribution in [3.8, 4) is 0 Å². The summed E-state index contributed by atoms with van der Waals surface area (Å²) in [5.41, 5.74) is 2.62. The van der Waals surface area contributed by atoms with Crippen LogP contribution in [0, 0.1) is 0 Å². The molecule has 0 bridgehead atoms. The van der Waals surface area contributed by atoms with E-state index in [0.717, 1.165) is 19.5 Å². The molecule has 0 radical (unpaired) electrons. The first-order valence-corrected chi connectivity index (χ1v) is 8.67. The average Bonchev–Trinajstić information content (AvgIpc) is 2.90. The molecule has 0 aromatic heterocycles. The highest BCUT2D eigenvalue weighted by Crippen LogP contribution is 2.31. The Morgan fingerprint density at radius 3 is 2.09 bits per heavy atom. The molecule has 2 aromatic carbocycles. The van der Waals surface area contributed by atoms with Crippen molar-refractivity contribution in [1.29, 1.82) is 0 Å². The summed E-state index contributed by atoms with van der Waals surface area (Å²) in [5, 5.41) is 3.65. The van der Waals surface area contributed by atoms with Crippen LogP contribution in [0.25, 0.3) is 0 Å². The van der Waals surface area contributed by atoms with Crippen LogP contribution in [0.2, 0.25) is 0 Å². The maximum atomic E-state index is 4.72. The molecule has 1 aliphatic rings. The highest BCUT2D eigenvalue weighted by molar-refractivity contribution is 5.82. The van der Waals surface area contributed by atoms with E-state index in [-0.39, 0.29) is 5.41 Å². The normalized spacial score (nSPS) is 15.6. The molecule has 0 unspecified atom stereocenters. The second-order valence-electron chi connectivity index (χ2n) is 6.56. The van der Waals surface area contributed by atoms with Gasteiger partial charge >= 0.3 is 0 Å². The molecule has 1 N–H and O–H groups in total. The zero-order chi connectivity index (χ0) is 16.0. The number of rotatable bonds is 4. The van der Waals surface area contributed by atoms with Crippen molar-refractivity contribution < 1.29 is 0 Å². The van der Waals surface area contributed by atoms with Gasteiger partial charge in [-0.05, 0) is 30.9 Å². The molecule has 3 rings (SSSR count). The van der Waals surface area contributed by atoms with Crippen molar-refractivity contribution in [2.24, 2.45) is 4.99 Å². The Balaban J connectivity index is 1.85. The molecule has 0 spiro atoms. The minimum absolute atomic E-state index is 0.0582. The van der Waals surface area contributed by atoms with Gasteiger partial charge in [0.25, 0.3) is 0 Å². The van der Waals surface area contributed by atoms with Gasteiger partial charge in [-0.2, -0.15) is 0 Å². The lowest BCUT2D eigenvalue weighted by Crippen LogP contribution is -2.39. The van der Waals surface area contributed by atoms with Crippen LogP contribution >= 0.6 is 0 Å². The highest BCUT2D eigenvalue weighted by atomic mass is 15.0. The van der Waals surface area contributed by atoms with Crippen LogP contribution in [0.4, 0.5) is 0 Å². The molecule has 1 heterocycles. The number of nitrogens with zero attached hydrogens (tertiary/aromatic N) is 1. The van der Waals surface area contributed by atoms with Gasteiger partial charge in [-0.25, -0.2) is 0 Å². The van der Waals surface area contributed by atoms with Gasteiger partial charge < -0.3 is 5.32 Å². The van der Waals surface area contributed by atoms with E-state index in [1.54, 1.807) is 0 Å². The van der Waals surface area contributed by atoms with E-state index < -0.39 is 0 Å². The van der Waals surface area contributed by atoms with Gasteiger partial charge in [0.1, 0.15) is 0 Å². The first-order valence-electron chi connectivity index (χ1n) is 8.67. The standard InChI is InChI=1S/C21H26N2/c1-21(18-11-5-2-6-12-18,19-13-7-3-8-14-19)17-23-20-15-9-4-10-16-22-20/h2-3,5-8,11-14H,4,9-10,15-17H2,1H3,(H,22,23). The van der Waals surface area contributed by atoms with Crippen molar-refractivity contribution in [3.05, 3.63) is 71.8 Å². The SMILES string of the molecule is CC(CNC1=NCCCCC1)(c1ccccc1)c1ccccc1. The number of hydrogen-bond donors (Lipinski definition) is 1. The lowest BCUT2D eigenvalue weighted by molar-refractivity contribution is 0.551. The molecule has 23 heavy (non-hydrogen) atoms. The van der Waals surface area contributed by atoms with E-state index in [4.69, 9.17) is 4.99 Å². The average molecular weight is 306 g/mol. The van der Waals surface area contributed by atoms with Crippen molar-refractivity contribution in [2.75, 3.05) is 13.1 Å². The first-order chi connectivity index (χ1) is 11.3. The fourth-order valence-corrected chi connectivity index (χ4v) is 3.28. The fraction of sp³-hybridized carbons (Fsp3) is 0.381. The van der Waals surface area contributed by atoms with Crippen LogP contribution in [-0.4, -0.2) is 18.9 Å². The Labute approximate surface area is 139 Å². The maximum absolute atomic E-state index is 4.72. The van der Waals surface area contributed by atoms with E-state index in [2.05, 4.69) is 72.9 Å². The third-order valence-electron chi connectivity index (χ3n) is 4.84. The molecule has 0 saturated carbocycles. The molecule has 2 nitrogen and oxygen atoms in total. The van der Waals surface area contributed by atoms with E-state index in [1.807, 2.05) is 0 Å². The summed E-state index contributed by atoms with van der Waals surface area (Å²) in [4.78, 5) is 4.72. The molecule has 120 valence electrons. The zero-order valence-corrected chi connectivity index (χ0v) is 14.0. The van der Waals surface area contributed by atoms with Crippen LogP contribution in [0.15, 0.2) is 65.7 Å². The van der Waals surface area contributed by atoms with Crippen LogP contribution in [-0.2, 0) is 5.41 Å². The summed E-state index contributed by atoms with van der Waals surface area (Å²) in [7, 11) is 0. The summed E-state index contributed by atoms with van der Waals surface area (Å²) in [6.45, 7) is 4.16. The first kappa shape index (κ1) is 15.8. The number of aliphatic imine (C=N–C) groups is 1. The lowest BCUT2D eigenvalue weighted by atomic mass is 9.76. The summed E-state index contributed by atoms with van der Waals surface area (Å²) in [5.74, 6) is 1.18. The molecular formula is C21H26N2. The molecule has 0 atom stereocenters. The van der Waals surface area contributed by atoms with Crippen molar-refractivity contribution in [1.82, 2.24) is 5.32 Å². The third kappa shape index (κ3) is 3.82. The number of nitrogens with one attached hydrogen (secondary N) is 1. The molecule has 1 aliphatic heterocycles. The lowest BCUT2D eigenvalue weighted by Gasteiger charge is -2.32. The molecule has 2 aromatic rings. The number of amidine groups is 1. The van der Waals surface area contributed by atoms with Crippen molar-refractivity contribution >= 4 is 5.84 Å². The van der Waals surface area contributed by atoms with Crippen LogP contribution in [0.5, 0.6) is 0 Å².